The molecule has 158 valence electrons. The van der Waals surface area contributed by atoms with Gasteiger partial charge in [-0.3, -0.25) is 9.52 Å². The lowest BCUT2D eigenvalue weighted by Gasteiger charge is -2.09. The number of aromatic nitrogens is 2. The van der Waals surface area contributed by atoms with Gasteiger partial charge in [-0.2, -0.15) is 4.98 Å². The van der Waals surface area contributed by atoms with E-state index < -0.39 is 10.0 Å². The number of amides is 1. The van der Waals surface area contributed by atoms with Crippen molar-refractivity contribution in [3.63, 3.8) is 0 Å². The third-order valence-electron chi connectivity index (χ3n) is 4.33. The Morgan fingerprint density at radius 3 is 2.47 bits per heavy atom. The first kappa shape index (κ1) is 21.5. The topological polar surface area (TPSA) is 114 Å². The van der Waals surface area contributed by atoms with Crippen LogP contribution < -0.4 is 10.0 Å². The summed E-state index contributed by atoms with van der Waals surface area (Å²) in [6.07, 6.45) is 0.532. The summed E-state index contributed by atoms with van der Waals surface area (Å²) in [6, 6.07) is 13.7. The minimum Gasteiger partial charge on any atom is -0.339 e. The predicted octanol–water partition coefficient (Wildman–Crippen LogP) is 3.80. The zero-order chi connectivity index (χ0) is 21.7. The highest BCUT2D eigenvalue weighted by molar-refractivity contribution is 7.92. The summed E-state index contributed by atoms with van der Waals surface area (Å²) in [6.45, 7) is 5.52. The number of nitrogens with zero attached hydrogens (tertiary/aromatic N) is 2. The maximum atomic E-state index is 12.5. The molecule has 2 N–H and O–H groups in total. The first-order valence-electron chi connectivity index (χ1n) is 9.59. The zero-order valence-corrected chi connectivity index (χ0v) is 17.9. The third kappa shape index (κ3) is 5.66. The van der Waals surface area contributed by atoms with Crippen molar-refractivity contribution in [3.05, 3.63) is 71.4 Å². The van der Waals surface area contributed by atoms with E-state index in [-0.39, 0.29) is 17.6 Å². The molecule has 0 spiro atoms. The molecule has 0 aliphatic heterocycles. The van der Waals surface area contributed by atoms with Gasteiger partial charge in [0.25, 0.3) is 5.91 Å². The summed E-state index contributed by atoms with van der Waals surface area (Å²) in [5.74, 6) is 1.03. The van der Waals surface area contributed by atoms with E-state index in [9.17, 15) is 13.2 Å². The molecule has 0 aliphatic carbocycles. The van der Waals surface area contributed by atoms with E-state index in [0.717, 1.165) is 5.56 Å². The molecule has 2 aromatic carbocycles. The highest BCUT2D eigenvalue weighted by Crippen LogP contribution is 2.17. The van der Waals surface area contributed by atoms with Gasteiger partial charge in [-0.15, -0.1) is 0 Å². The lowest BCUT2D eigenvalue weighted by atomic mass is 10.1. The number of sulfonamides is 1. The highest BCUT2D eigenvalue weighted by Gasteiger charge is 2.12. The molecule has 0 fully saturated rings. The van der Waals surface area contributed by atoms with E-state index in [1.807, 2.05) is 26.0 Å². The molecule has 0 unspecified atom stereocenters. The van der Waals surface area contributed by atoms with Crippen LogP contribution in [0.15, 0.2) is 53.1 Å². The number of hydrogen-bond donors (Lipinski definition) is 2. The van der Waals surface area contributed by atoms with E-state index in [1.54, 1.807) is 37.3 Å². The van der Waals surface area contributed by atoms with Gasteiger partial charge in [0, 0.05) is 29.3 Å². The monoisotopic (exact) mass is 428 g/mol. The molecule has 1 amide bonds. The lowest BCUT2D eigenvalue weighted by molar-refractivity contribution is 0.102. The largest absolute Gasteiger partial charge is 0.339 e. The Bertz CT molecular complexity index is 1120. The van der Waals surface area contributed by atoms with Gasteiger partial charge in [-0.1, -0.05) is 37.2 Å². The van der Waals surface area contributed by atoms with Gasteiger partial charge >= 0.3 is 0 Å². The average Bonchev–Trinajstić information content (AvgIpc) is 3.18. The summed E-state index contributed by atoms with van der Waals surface area (Å²) in [5, 5.41) is 6.78. The fraction of sp³-hybridized carbons (Fsp3) is 0.286. The van der Waals surface area contributed by atoms with Gasteiger partial charge in [0.2, 0.25) is 15.9 Å². The number of rotatable bonds is 8. The molecule has 3 rings (SSSR count). The summed E-state index contributed by atoms with van der Waals surface area (Å²) in [7, 11) is -3.41. The second-order valence-electron chi connectivity index (χ2n) is 7.12. The van der Waals surface area contributed by atoms with Crippen LogP contribution in [0.2, 0.25) is 0 Å². The summed E-state index contributed by atoms with van der Waals surface area (Å²) in [5.41, 5.74) is 2.31. The molecule has 0 saturated carbocycles. The summed E-state index contributed by atoms with van der Waals surface area (Å²) < 4.78 is 31.1. The van der Waals surface area contributed by atoms with Gasteiger partial charge in [0.15, 0.2) is 5.82 Å². The number of carbonyl (C=O) groups is 1. The van der Waals surface area contributed by atoms with Crippen molar-refractivity contribution in [2.75, 3.05) is 15.8 Å². The number of hydrogen-bond acceptors (Lipinski definition) is 6. The van der Waals surface area contributed by atoms with Crippen molar-refractivity contribution < 1.29 is 17.7 Å². The van der Waals surface area contributed by atoms with Gasteiger partial charge in [0.1, 0.15) is 0 Å². The number of anilines is 2. The van der Waals surface area contributed by atoms with Crippen molar-refractivity contribution in [1.82, 2.24) is 10.1 Å². The molecular formula is C21H24N4O4S. The van der Waals surface area contributed by atoms with Crippen molar-refractivity contribution in [2.24, 2.45) is 0 Å². The van der Waals surface area contributed by atoms with Crippen LogP contribution in [0.25, 0.3) is 0 Å². The Hall–Kier alpha value is -3.20. The Kier molecular flexibility index (Phi) is 6.51. The smallest absolute Gasteiger partial charge is 0.255 e. The maximum absolute atomic E-state index is 12.5. The zero-order valence-electron chi connectivity index (χ0n) is 17.0. The maximum Gasteiger partial charge on any atom is 0.255 e. The molecule has 1 aromatic heterocycles. The van der Waals surface area contributed by atoms with E-state index in [1.165, 1.54) is 6.07 Å². The van der Waals surface area contributed by atoms with Crippen LogP contribution >= 0.6 is 0 Å². The number of carbonyl (C=O) groups excluding carboxylic acids is 1. The van der Waals surface area contributed by atoms with Crippen LogP contribution in [-0.2, 0) is 16.4 Å². The van der Waals surface area contributed by atoms with Crippen LogP contribution in [-0.4, -0.2) is 30.2 Å². The summed E-state index contributed by atoms with van der Waals surface area (Å²) in [4.78, 5) is 16.9. The molecule has 0 aliphatic rings. The second-order valence-corrected chi connectivity index (χ2v) is 9.13. The minimum atomic E-state index is -3.41. The van der Waals surface area contributed by atoms with Crippen molar-refractivity contribution in [2.45, 2.75) is 33.1 Å². The Balaban J connectivity index is 1.64. The first-order chi connectivity index (χ1) is 14.3. The van der Waals surface area contributed by atoms with Crippen LogP contribution in [0, 0.1) is 0 Å². The minimum absolute atomic E-state index is 0.0432. The van der Waals surface area contributed by atoms with E-state index in [4.69, 9.17) is 4.52 Å². The first-order valence-corrected chi connectivity index (χ1v) is 11.2. The average molecular weight is 429 g/mol. The molecule has 8 nitrogen and oxygen atoms in total. The summed E-state index contributed by atoms with van der Waals surface area (Å²) >= 11 is 0. The molecule has 0 saturated heterocycles. The second kappa shape index (κ2) is 9.08. The van der Waals surface area contributed by atoms with Gasteiger partial charge in [-0.05, 0) is 42.8 Å². The molecule has 0 bridgehead atoms. The molecule has 3 aromatic rings. The molecule has 30 heavy (non-hydrogen) atoms. The fourth-order valence-corrected chi connectivity index (χ4v) is 3.27. The van der Waals surface area contributed by atoms with Crippen molar-refractivity contribution >= 4 is 27.3 Å². The fourth-order valence-electron chi connectivity index (χ4n) is 2.64. The normalized spacial score (nSPS) is 11.5. The molecule has 1 heterocycles. The predicted molar refractivity (Wildman–Crippen MR) is 115 cm³/mol. The highest BCUT2D eigenvalue weighted by atomic mass is 32.2. The van der Waals surface area contributed by atoms with Gasteiger partial charge in [0.05, 0.1) is 5.75 Å². The molecular weight excluding hydrogens is 404 g/mol. The van der Waals surface area contributed by atoms with E-state index in [0.29, 0.717) is 35.1 Å². The standard InChI is InChI=1S/C21H24N4O4S/c1-4-30(27,28)25-18-7-5-6-16(13-18)20(26)22-17-10-8-15(9-11-17)12-19-23-21(14(2)3)29-24-19/h5-11,13-14,25H,4,12H2,1-3H3,(H,22,26). The van der Waals surface area contributed by atoms with Crippen molar-refractivity contribution in [3.8, 4) is 0 Å². The van der Waals surface area contributed by atoms with Crippen LogP contribution in [0.3, 0.4) is 0 Å². The van der Waals surface area contributed by atoms with Crippen molar-refractivity contribution in [1.29, 1.82) is 0 Å². The van der Waals surface area contributed by atoms with E-state index in [2.05, 4.69) is 20.2 Å². The lowest BCUT2D eigenvalue weighted by Crippen LogP contribution is -2.16. The third-order valence-corrected chi connectivity index (χ3v) is 5.64. The number of nitrogens with one attached hydrogen (secondary N) is 2. The molecule has 9 heteroatoms. The quantitative estimate of drug-likeness (QED) is 0.564. The Morgan fingerprint density at radius 2 is 1.83 bits per heavy atom. The van der Waals surface area contributed by atoms with E-state index >= 15 is 0 Å². The van der Waals surface area contributed by atoms with Crippen LogP contribution in [0.1, 0.15) is 54.3 Å². The molecule has 0 atom stereocenters. The SMILES string of the molecule is CCS(=O)(=O)Nc1cccc(C(=O)Nc2ccc(Cc3noc(C(C)C)n3)cc2)c1. The van der Waals surface area contributed by atoms with Gasteiger partial charge in [-0.25, -0.2) is 8.42 Å². The van der Waals surface area contributed by atoms with Crippen LogP contribution in [0.4, 0.5) is 11.4 Å². The number of benzene rings is 2. The Morgan fingerprint density at radius 1 is 1.10 bits per heavy atom. The van der Waals surface area contributed by atoms with Crippen LogP contribution in [0.5, 0.6) is 0 Å². The molecule has 0 radical (unpaired) electrons. The Labute approximate surface area is 175 Å². The van der Waals surface area contributed by atoms with Gasteiger partial charge < -0.3 is 9.84 Å².